The monoisotopic (exact) mass is 212 g/mol. The molecule has 2 N–H and O–H groups in total. The second-order valence-electron chi connectivity index (χ2n) is 4.91. The third-order valence-electron chi connectivity index (χ3n) is 3.64. The van der Waals surface area contributed by atoms with Crippen molar-refractivity contribution in [2.75, 3.05) is 6.54 Å². The molecule has 16 heavy (non-hydrogen) atoms. The van der Waals surface area contributed by atoms with Gasteiger partial charge in [-0.15, -0.1) is 0 Å². The van der Waals surface area contributed by atoms with Crippen LogP contribution in [0.1, 0.15) is 18.4 Å². The van der Waals surface area contributed by atoms with Crippen molar-refractivity contribution in [2.24, 2.45) is 11.1 Å². The normalized spacial score (nSPS) is 17.6. The highest BCUT2D eigenvalue weighted by Gasteiger charge is 2.40. The fourth-order valence-corrected chi connectivity index (χ4v) is 2.30. The van der Waals surface area contributed by atoms with E-state index in [4.69, 9.17) is 5.73 Å². The number of rotatable bonds is 3. The number of hydrogen-bond acceptors (Lipinski definition) is 2. The first-order valence-corrected chi connectivity index (χ1v) is 5.85. The van der Waals surface area contributed by atoms with Gasteiger partial charge in [-0.1, -0.05) is 12.1 Å². The quantitative estimate of drug-likeness (QED) is 0.849. The van der Waals surface area contributed by atoms with Crippen molar-refractivity contribution in [3.05, 3.63) is 42.1 Å². The number of benzene rings is 1. The molecule has 0 aliphatic heterocycles. The molecular weight excluding hydrogens is 196 g/mol. The van der Waals surface area contributed by atoms with Gasteiger partial charge < -0.3 is 5.73 Å². The molecule has 2 nitrogen and oxygen atoms in total. The molecule has 1 aromatic carbocycles. The van der Waals surface area contributed by atoms with E-state index in [-0.39, 0.29) is 0 Å². The smallest absolute Gasteiger partial charge is 0.0702 e. The van der Waals surface area contributed by atoms with Gasteiger partial charge in [0.05, 0.1) is 5.52 Å². The van der Waals surface area contributed by atoms with Crippen LogP contribution in [-0.4, -0.2) is 11.5 Å². The second-order valence-corrected chi connectivity index (χ2v) is 4.91. The highest BCUT2D eigenvalue weighted by Crippen LogP contribution is 2.47. The summed E-state index contributed by atoms with van der Waals surface area (Å²) in [6.07, 6.45) is 5.53. The summed E-state index contributed by atoms with van der Waals surface area (Å²) in [4.78, 5) is 4.33. The Bertz CT molecular complexity index is 515. The molecule has 2 aromatic rings. The molecule has 0 atom stereocenters. The minimum Gasteiger partial charge on any atom is -0.330 e. The van der Waals surface area contributed by atoms with Crippen LogP contribution in [0.25, 0.3) is 10.9 Å². The maximum atomic E-state index is 5.82. The lowest BCUT2D eigenvalue weighted by molar-refractivity contribution is 0.521. The number of pyridine rings is 1. The van der Waals surface area contributed by atoms with Crippen molar-refractivity contribution in [3.8, 4) is 0 Å². The molecule has 1 saturated carbocycles. The van der Waals surface area contributed by atoms with E-state index < -0.39 is 0 Å². The average Bonchev–Trinajstić information content (AvgIpc) is 3.09. The zero-order valence-electron chi connectivity index (χ0n) is 9.32. The van der Waals surface area contributed by atoms with E-state index >= 15 is 0 Å². The Morgan fingerprint density at radius 2 is 2.12 bits per heavy atom. The Kier molecular flexibility index (Phi) is 2.18. The van der Waals surface area contributed by atoms with Crippen LogP contribution in [0.15, 0.2) is 36.5 Å². The van der Waals surface area contributed by atoms with E-state index in [1.807, 2.05) is 12.3 Å². The Hall–Kier alpha value is -1.41. The number of aromatic nitrogens is 1. The standard InChI is InChI=1S/C14H16N2/c15-10-14(5-6-14)9-11-3-4-13-12(8-11)2-1-7-16-13/h1-4,7-8H,5-6,9-10,15H2. The summed E-state index contributed by atoms with van der Waals surface area (Å²) in [5.74, 6) is 0. The molecule has 1 aliphatic carbocycles. The van der Waals surface area contributed by atoms with Crippen molar-refractivity contribution in [2.45, 2.75) is 19.3 Å². The topological polar surface area (TPSA) is 38.9 Å². The number of nitrogens with two attached hydrogens (primary N) is 1. The van der Waals surface area contributed by atoms with Gasteiger partial charge in [0.25, 0.3) is 0 Å². The van der Waals surface area contributed by atoms with Crippen LogP contribution in [0, 0.1) is 5.41 Å². The largest absolute Gasteiger partial charge is 0.330 e. The molecule has 1 aliphatic rings. The van der Waals surface area contributed by atoms with Gasteiger partial charge in [0, 0.05) is 11.6 Å². The lowest BCUT2D eigenvalue weighted by Gasteiger charge is -2.12. The van der Waals surface area contributed by atoms with Crippen LogP contribution in [0.4, 0.5) is 0 Å². The summed E-state index contributed by atoms with van der Waals surface area (Å²) in [5.41, 5.74) is 8.69. The molecule has 0 amide bonds. The molecule has 82 valence electrons. The lowest BCUT2D eigenvalue weighted by Crippen LogP contribution is -2.17. The Balaban J connectivity index is 1.93. The van der Waals surface area contributed by atoms with Crippen molar-refractivity contribution in [3.63, 3.8) is 0 Å². The van der Waals surface area contributed by atoms with Crippen LogP contribution >= 0.6 is 0 Å². The number of hydrogen-bond donors (Lipinski definition) is 1. The van der Waals surface area contributed by atoms with Gasteiger partial charge in [-0.05, 0) is 55.0 Å². The van der Waals surface area contributed by atoms with Crippen molar-refractivity contribution >= 4 is 10.9 Å². The van der Waals surface area contributed by atoms with Gasteiger partial charge in [0.15, 0.2) is 0 Å². The second kappa shape index (κ2) is 3.56. The predicted molar refractivity (Wildman–Crippen MR) is 66.2 cm³/mol. The molecule has 0 radical (unpaired) electrons. The molecular formula is C14H16N2. The van der Waals surface area contributed by atoms with Gasteiger partial charge in [0.1, 0.15) is 0 Å². The summed E-state index contributed by atoms with van der Waals surface area (Å²) >= 11 is 0. The summed E-state index contributed by atoms with van der Waals surface area (Å²) in [6.45, 7) is 0.818. The van der Waals surface area contributed by atoms with Crippen LogP contribution < -0.4 is 5.73 Å². The maximum absolute atomic E-state index is 5.82. The lowest BCUT2D eigenvalue weighted by atomic mass is 9.96. The van der Waals surface area contributed by atoms with Crippen LogP contribution in [0.5, 0.6) is 0 Å². The summed E-state index contributed by atoms with van der Waals surface area (Å²) in [5, 5.41) is 1.23. The Morgan fingerprint density at radius 1 is 1.25 bits per heavy atom. The molecule has 0 spiro atoms. The number of fused-ring (bicyclic) bond motifs is 1. The Morgan fingerprint density at radius 3 is 2.88 bits per heavy atom. The van der Waals surface area contributed by atoms with Crippen LogP contribution in [0.3, 0.4) is 0 Å². The van der Waals surface area contributed by atoms with E-state index in [2.05, 4.69) is 29.2 Å². The van der Waals surface area contributed by atoms with Gasteiger partial charge in [0.2, 0.25) is 0 Å². The van der Waals surface area contributed by atoms with Crippen molar-refractivity contribution < 1.29 is 0 Å². The van der Waals surface area contributed by atoms with E-state index in [1.54, 1.807) is 0 Å². The van der Waals surface area contributed by atoms with Crippen LogP contribution in [0.2, 0.25) is 0 Å². The van der Waals surface area contributed by atoms with Gasteiger partial charge in [-0.3, -0.25) is 4.98 Å². The van der Waals surface area contributed by atoms with Crippen molar-refractivity contribution in [1.82, 2.24) is 4.98 Å². The highest BCUT2D eigenvalue weighted by molar-refractivity contribution is 5.78. The molecule has 1 fully saturated rings. The molecule has 1 heterocycles. The first-order valence-electron chi connectivity index (χ1n) is 5.85. The summed E-state index contributed by atoms with van der Waals surface area (Å²) in [6, 6.07) is 10.6. The maximum Gasteiger partial charge on any atom is 0.0702 e. The molecule has 0 unspecified atom stereocenters. The predicted octanol–water partition coefficient (Wildman–Crippen LogP) is 2.52. The van der Waals surface area contributed by atoms with E-state index in [9.17, 15) is 0 Å². The van der Waals surface area contributed by atoms with E-state index in [0.29, 0.717) is 5.41 Å². The third kappa shape index (κ3) is 1.69. The van der Waals surface area contributed by atoms with Crippen molar-refractivity contribution in [1.29, 1.82) is 0 Å². The minimum absolute atomic E-state index is 0.413. The van der Waals surface area contributed by atoms with E-state index in [0.717, 1.165) is 18.5 Å². The molecule has 1 aromatic heterocycles. The zero-order valence-corrected chi connectivity index (χ0v) is 9.32. The average molecular weight is 212 g/mol. The van der Waals surface area contributed by atoms with Gasteiger partial charge in [-0.2, -0.15) is 0 Å². The minimum atomic E-state index is 0.413. The highest BCUT2D eigenvalue weighted by atomic mass is 14.7. The zero-order chi connectivity index (χ0) is 11.0. The fraction of sp³-hybridized carbons (Fsp3) is 0.357. The Labute approximate surface area is 95.5 Å². The first-order chi connectivity index (χ1) is 7.81. The number of nitrogens with zero attached hydrogens (tertiary/aromatic N) is 1. The summed E-state index contributed by atoms with van der Waals surface area (Å²) < 4.78 is 0. The van der Waals surface area contributed by atoms with E-state index in [1.165, 1.54) is 23.8 Å². The first kappa shape index (κ1) is 9.79. The fourth-order valence-electron chi connectivity index (χ4n) is 2.30. The molecule has 2 heteroatoms. The molecule has 0 saturated heterocycles. The van der Waals surface area contributed by atoms with Gasteiger partial charge >= 0.3 is 0 Å². The molecule has 0 bridgehead atoms. The summed E-state index contributed by atoms with van der Waals surface area (Å²) in [7, 11) is 0. The molecule has 3 rings (SSSR count). The third-order valence-corrected chi connectivity index (χ3v) is 3.64. The SMILES string of the molecule is NCC1(Cc2ccc3ncccc3c2)CC1. The van der Waals surface area contributed by atoms with Gasteiger partial charge in [-0.25, -0.2) is 0 Å². The van der Waals surface area contributed by atoms with Crippen LogP contribution in [-0.2, 0) is 6.42 Å².